The molecule has 2 fully saturated rings. The van der Waals surface area contributed by atoms with Crippen LogP contribution in [0.3, 0.4) is 0 Å². The summed E-state index contributed by atoms with van der Waals surface area (Å²) in [6.45, 7) is 10.4. The van der Waals surface area contributed by atoms with E-state index in [9.17, 15) is 9.59 Å². The first-order valence-corrected chi connectivity index (χ1v) is 11.6. The zero-order valence-electron chi connectivity index (χ0n) is 19.9. The Hall–Kier alpha value is -2.90. The molecular formula is C24H38N6O2. The molecule has 0 bridgehead atoms. The Morgan fingerprint density at radius 2 is 2.16 bits per heavy atom. The van der Waals surface area contributed by atoms with Gasteiger partial charge in [-0.2, -0.15) is 0 Å². The normalized spacial score (nSPS) is 22.2. The first-order valence-electron chi connectivity index (χ1n) is 11.6. The molecule has 176 valence electrons. The van der Waals surface area contributed by atoms with Crippen molar-refractivity contribution in [1.29, 1.82) is 0 Å². The number of allylic oxidation sites excluding steroid dienone is 2. The maximum absolute atomic E-state index is 13.3. The molecule has 3 unspecified atom stereocenters. The van der Waals surface area contributed by atoms with Crippen molar-refractivity contribution >= 4 is 23.5 Å². The molecule has 1 aromatic rings. The number of primary amides is 1. The number of nitrogens with one attached hydrogen (secondary N) is 2. The smallest absolute Gasteiger partial charge is 0.320 e. The zero-order valence-corrected chi connectivity index (χ0v) is 19.9. The minimum atomic E-state index is -0.345. The molecule has 8 heteroatoms. The van der Waals surface area contributed by atoms with Gasteiger partial charge in [-0.15, -0.1) is 0 Å². The van der Waals surface area contributed by atoms with Crippen molar-refractivity contribution in [2.24, 2.45) is 11.7 Å². The van der Waals surface area contributed by atoms with E-state index in [1.807, 2.05) is 37.0 Å². The summed E-state index contributed by atoms with van der Waals surface area (Å²) in [4.78, 5) is 34.3. The van der Waals surface area contributed by atoms with Crippen molar-refractivity contribution in [3.63, 3.8) is 0 Å². The van der Waals surface area contributed by atoms with Gasteiger partial charge in [0.15, 0.2) is 0 Å². The predicted molar refractivity (Wildman–Crippen MR) is 129 cm³/mol. The van der Waals surface area contributed by atoms with Crippen molar-refractivity contribution in [1.82, 2.24) is 19.7 Å². The van der Waals surface area contributed by atoms with Gasteiger partial charge < -0.3 is 30.7 Å². The third-order valence-corrected chi connectivity index (χ3v) is 6.99. The fourth-order valence-electron chi connectivity index (χ4n) is 4.80. The van der Waals surface area contributed by atoms with E-state index in [2.05, 4.69) is 40.8 Å². The van der Waals surface area contributed by atoms with Crippen LogP contribution in [0.25, 0.3) is 5.70 Å². The molecule has 3 heterocycles. The van der Waals surface area contributed by atoms with E-state index < -0.39 is 0 Å². The molecule has 0 radical (unpaired) electrons. The van der Waals surface area contributed by atoms with Crippen molar-refractivity contribution < 1.29 is 9.59 Å². The molecule has 32 heavy (non-hydrogen) atoms. The van der Waals surface area contributed by atoms with Gasteiger partial charge in [0.25, 0.3) is 0 Å². The monoisotopic (exact) mass is 442 g/mol. The van der Waals surface area contributed by atoms with Crippen LogP contribution in [0, 0.1) is 5.92 Å². The Kier molecular flexibility index (Phi) is 7.53. The number of urea groups is 1. The van der Waals surface area contributed by atoms with E-state index in [0.717, 1.165) is 61.4 Å². The minimum Gasteiger partial charge on any atom is -0.374 e. The second kappa shape index (κ2) is 10.1. The number of likely N-dealkylation sites (N-methyl/N-ethyl adjacent to an activating group) is 1. The minimum absolute atomic E-state index is 0.00601. The van der Waals surface area contributed by atoms with Gasteiger partial charge in [0.05, 0.1) is 12.0 Å². The number of H-pyrrole nitrogens is 1. The van der Waals surface area contributed by atoms with Crippen LogP contribution in [0.4, 0.5) is 10.6 Å². The number of aromatic amines is 1. The molecule has 8 nitrogen and oxygen atoms in total. The quantitative estimate of drug-likeness (QED) is 0.539. The van der Waals surface area contributed by atoms with Crippen molar-refractivity contribution in [2.75, 3.05) is 39.0 Å². The number of carbonyl (C=O) groups excluding carboxylic acids is 2. The topological polar surface area (TPSA) is 97.7 Å². The van der Waals surface area contributed by atoms with Crippen molar-refractivity contribution in [3.8, 4) is 0 Å². The summed E-state index contributed by atoms with van der Waals surface area (Å²) in [5, 5.41) is 3.22. The Morgan fingerprint density at radius 3 is 2.81 bits per heavy atom. The number of hydrogen-bond donors (Lipinski definition) is 3. The van der Waals surface area contributed by atoms with Gasteiger partial charge in [-0.1, -0.05) is 26.0 Å². The van der Waals surface area contributed by atoms with Gasteiger partial charge in [-0.25, -0.2) is 4.79 Å². The lowest BCUT2D eigenvalue weighted by atomic mass is 9.99. The molecule has 3 atom stereocenters. The SMILES string of the molecule is C=C(/C=C(\c1cc[nH]c1NC)N1CCC(N(C)C(=O)N2CCCC2C(C)C(N)=O)C1)CC. The Bertz CT molecular complexity index is 876. The molecule has 2 aliphatic heterocycles. The van der Waals surface area contributed by atoms with Gasteiger partial charge in [0.2, 0.25) is 5.91 Å². The Labute approximate surface area is 191 Å². The van der Waals surface area contributed by atoms with E-state index >= 15 is 0 Å². The Balaban J connectivity index is 1.75. The van der Waals surface area contributed by atoms with Crippen LogP contribution in [0.2, 0.25) is 0 Å². The van der Waals surface area contributed by atoms with Gasteiger partial charge in [0, 0.05) is 57.2 Å². The summed E-state index contributed by atoms with van der Waals surface area (Å²) < 4.78 is 0. The summed E-state index contributed by atoms with van der Waals surface area (Å²) >= 11 is 0. The first-order chi connectivity index (χ1) is 15.3. The molecule has 0 aliphatic carbocycles. The number of nitrogens with zero attached hydrogens (tertiary/aromatic N) is 3. The van der Waals surface area contributed by atoms with Crippen LogP contribution in [-0.4, -0.2) is 77.4 Å². The number of amides is 3. The van der Waals surface area contributed by atoms with E-state index in [1.54, 1.807) is 0 Å². The largest absolute Gasteiger partial charge is 0.374 e. The molecule has 2 aliphatic rings. The average Bonchev–Trinajstić information content (AvgIpc) is 3.55. The van der Waals surface area contributed by atoms with Crippen LogP contribution >= 0.6 is 0 Å². The number of nitrogens with two attached hydrogens (primary N) is 1. The van der Waals surface area contributed by atoms with Crippen molar-refractivity contribution in [3.05, 3.63) is 36.1 Å². The maximum atomic E-state index is 13.3. The summed E-state index contributed by atoms with van der Waals surface area (Å²) in [5.74, 6) is 0.286. The highest BCUT2D eigenvalue weighted by molar-refractivity contribution is 5.80. The fraction of sp³-hybridized carbons (Fsp3) is 0.583. The average molecular weight is 443 g/mol. The maximum Gasteiger partial charge on any atom is 0.320 e. The predicted octanol–water partition coefficient (Wildman–Crippen LogP) is 3.08. The van der Waals surface area contributed by atoms with Gasteiger partial charge in [-0.05, 0) is 37.8 Å². The third kappa shape index (κ3) is 4.79. The lowest BCUT2D eigenvalue weighted by molar-refractivity contribution is -0.122. The molecule has 0 saturated carbocycles. The van der Waals surface area contributed by atoms with E-state index in [-0.39, 0.29) is 29.9 Å². The summed E-state index contributed by atoms with van der Waals surface area (Å²) in [6, 6.07) is 2.06. The van der Waals surface area contributed by atoms with Gasteiger partial charge in [0.1, 0.15) is 5.82 Å². The molecule has 4 N–H and O–H groups in total. The second-order valence-electron chi connectivity index (χ2n) is 8.93. The zero-order chi connectivity index (χ0) is 23.4. The lowest BCUT2D eigenvalue weighted by Gasteiger charge is -2.34. The van der Waals surface area contributed by atoms with Crippen LogP contribution in [-0.2, 0) is 4.79 Å². The van der Waals surface area contributed by atoms with E-state index in [1.165, 1.54) is 0 Å². The molecule has 0 aromatic carbocycles. The molecular weight excluding hydrogens is 404 g/mol. The number of likely N-dealkylation sites (tertiary alicyclic amines) is 2. The molecule has 2 saturated heterocycles. The highest BCUT2D eigenvalue weighted by Crippen LogP contribution is 2.32. The first kappa shape index (κ1) is 23.8. The lowest BCUT2D eigenvalue weighted by Crippen LogP contribution is -2.51. The fourth-order valence-corrected chi connectivity index (χ4v) is 4.80. The second-order valence-corrected chi connectivity index (χ2v) is 8.93. The van der Waals surface area contributed by atoms with Gasteiger partial charge in [-0.3, -0.25) is 4.79 Å². The molecule has 0 spiro atoms. The highest BCUT2D eigenvalue weighted by Gasteiger charge is 2.39. The molecule has 3 amide bonds. The molecule has 3 rings (SSSR count). The van der Waals surface area contributed by atoms with Crippen LogP contribution < -0.4 is 11.1 Å². The van der Waals surface area contributed by atoms with Crippen LogP contribution in [0.15, 0.2) is 30.5 Å². The number of hydrogen-bond acceptors (Lipinski definition) is 4. The van der Waals surface area contributed by atoms with Crippen LogP contribution in [0.5, 0.6) is 0 Å². The van der Waals surface area contributed by atoms with Crippen molar-refractivity contribution in [2.45, 2.75) is 51.6 Å². The Morgan fingerprint density at radius 1 is 1.41 bits per heavy atom. The number of carbonyl (C=O) groups is 2. The van der Waals surface area contributed by atoms with E-state index in [0.29, 0.717) is 6.54 Å². The standard InChI is InChI=1S/C24H38N6O2/c1-6-16(2)14-21(19-9-11-27-23(19)26-4)29-13-10-18(15-29)28(5)24(32)30-12-7-8-20(30)17(3)22(25)31/h9,11,14,17-18,20,26-27H,2,6-8,10,12-13,15H2,1,3-5H3,(H2,25,31)/b21-14+. The number of aromatic nitrogens is 1. The summed E-state index contributed by atoms with van der Waals surface area (Å²) in [6.07, 6.45) is 7.59. The number of rotatable bonds is 8. The third-order valence-electron chi connectivity index (χ3n) is 6.99. The summed E-state index contributed by atoms with van der Waals surface area (Å²) in [7, 11) is 3.78. The molecule has 1 aromatic heterocycles. The van der Waals surface area contributed by atoms with Crippen LogP contribution in [0.1, 0.15) is 45.1 Å². The number of anilines is 1. The highest BCUT2D eigenvalue weighted by atomic mass is 16.2. The summed E-state index contributed by atoms with van der Waals surface area (Å²) in [5.41, 5.74) is 8.82. The van der Waals surface area contributed by atoms with E-state index in [4.69, 9.17) is 5.73 Å². The van der Waals surface area contributed by atoms with Gasteiger partial charge >= 0.3 is 6.03 Å².